The molecule has 1 aromatic carbocycles. The number of halogens is 2. The Kier molecular flexibility index (Phi) is 3.82. The fourth-order valence-electron chi connectivity index (χ4n) is 1.32. The third-order valence-electron chi connectivity index (χ3n) is 2.21. The van der Waals surface area contributed by atoms with Crippen LogP contribution in [0.3, 0.4) is 0 Å². The van der Waals surface area contributed by atoms with Crippen molar-refractivity contribution in [1.29, 1.82) is 0 Å². The Balaban J connectivity index is 2.02. The number of carbonyl (C=O) groups is 2. The second kappa shape index (κ2) is 5.53. The molecule has 0 unspecified atom stereocenters. The molecule has 2 N–H and O–H groups in total. The van der Waals surface area contributed by atoms with E-state index in [9.17, 15) is 14.0 Å². The highest BCUT2D eigenvalue weighted by Crippen LogP contribution is 2.14. The van der Waals surface area contributed by atoms with Crippen molar-refractivity contribution in [3.8, 4) is 0 Å². The summed E-state index contributed by atoms with van der Waals surface area (Å²) in [6.07, 6.45) is 1.31. The molecule has 2 rings (SSSR count). The summed E-state index contributed by atoms with van der Waals surface area (Å²) in [5.74, 6) is -2.19. The van der Waals surface area contributed by atoms with Gasteiger partial charge in [-0.15, -0.1) is 0 Å². The lowest BCUT2D eigenvalue weighted by Crippen LogP contribution is -2.41. The summed E-state index contributed by atoms with van der Waals surface area (Å²) >= 11 is 5.66. The van der Waals surface area contributed by atoms with Crippen LogP contribution in [-0.4, -0.2) is 11.8 Å². The number of hydrogen-bond acceptors (Lipinski definition) is 3. The Labute approximate surface area is 112 Å². The van der Waals surface area contributed by atoms with Crippen molar-refractivity contribution in [2.75, 3.05) is 0 Å². The van der Waals surface area contributed by atoms with Crippen molar-refractivity contribution in [3.63, 3.8) is 0 Å². The molecule has 98 valence electrons. The van der Waals surface area contributed by atoms with Gasteiger partial charge in [0.25, 0.3) is 5.91 Å². The Bertz CT molecular complexity index is 613. The average molecular weight is 283 g/mol. The summed E-state index contributed by atoms with van der Waals surface area (Å²) < 4.78 is 18.2. The maximum atomic E-state index is 13.4. The van der Waals surface area contributed by atoms with Crippen LogP contribution in [0, 0.1) is 5.82 Å². The van der Waals surface area contributed by atoms with Gasteiger partial charge in [0, 0.05) is 5.02 Å². The molecule has 0 fully saturated rings. The Hall–Kier alpha value is -2.34. The Morgan fingerprint density at radius 3 is 2.58 bits per heavy atom. The molecule has 0 saturated carbocycles. The third kappa shape index (κ3) is 3.11. The van der Waals surface area contributed by atoms with E-state index in [1.807, 2.05) is 0 Å². The van der Waals surface area contributed by atoms with E-state index in [1.54, 1.807) is 0 Å². The van der Waals surface area contributed by atoms with Crippen LogP contribution in [-0.2, 0) is 0 Å². The molecule has 0 aliphatic rings. The molecular formula is C12H8ClFN2O3. The molecule has 0 radical (unpaired) electrons. The summed E-state index contributed by atoms with van der Waals surface area (Å²) in [7, 11) is 0. The summed E-state index contributed by atoms with van der Waals surface area (Å²) in [5.41, 5.74) is 3.87. The van der Waals surface area contributed by atoms with Crippen molar-refractivity contribution < 1.29 is 18.4 Å². The van der Waals surface area contributed by atoms with Gasteiger partial charge in [0.1, 0.15) is 5.82 Å². The van der Waals surface area contributed by atoms with Crippen LogP contribution in [0.4, 0.5) is 4.39 Å². The average Bonchev–Trinajstić information content (AvgIpc) is 2.92. The van der Waals surface area contributed by atoms with Crippen LogP contribution in [0.15, 0.2) is 41.0 Å². The van der Waals surface area contributed by atoms with E-state index in [-0.39, 0.29) is 16.3 Å². The van der Waals surface area contributed by atoms with Crippen LogP contribution >= 0.6 is 11.6 Å². The van der Waals surface area contributed by atoms with Gasteiger partial charge in [0.2, 0.25) is 0 Å². The monoisotopic (exact) mass is 282 g/mol. The molecule has 1 heterocycles. The van der Waals surface area contributed by atoms with Crippen LogP contribution in [0.5, 0.6) is 0 Å². The molecule has 1 aromatic heterocycles. The highest BCUT2D eigenvalue weighted by molar-refractivity contribution is 6.31. The predicted octanol–water partition coefficient (Wildman–Crippen LogP) is 2.15. The van der Waals surface area contributed by atoms with Crippen LogP contribution in [0.25, 0.3) is 0 Å². The SMILES string of the molecule is O=C(NNC(=O)c1cc(Cl)ccc1F)c1ccco1. The first kappa shape index (κ1) is 13.1. The summed E-state index contributed by atoms with van der Waals surface area (Å²) in [5, 5.41) is 0.212. The zero-order valence-corrected chi connectivity index (χ0v) is 10.2. The molecule has 2 amide bonds. The molecule has 19 heavy (non-hydrogen) atoms. The number of benzene rings is 1. The Morgan fingerprint density at radius 1 is 1.16 bits per heavy atom. The number of hydrazine groups is 1. The smallest absolute Gasteiger partial charge is 0.305 e. The number of furan rings is 1. The van der Waals surface area contributed by atoms with E-state index in [0.717, 1.165) is 12.1 Å². The summed E-state index contributed by atoms with van der Waals surface area (Å²) in [6, 6.07) is 6.47. The molecule has 0 saturated heterocycles. The Morgan fingerprint density at radius 2 is 1.89 bits per heavy atom. The van der Waals surface area contributed by atoms with E-state index in [0.29, 0.717) is 0 Å². The zero-order valence-electron chi connectivity index (χ0n) is 9.44. The molecule has 0 atom stereocenters. The number of rotatable bonds is 2. The first-order valence-corrected chi connectivity index (χ1v) is 5.55. The van der Waals surface area contributed by atoms with Crippen molar-refractivity contribution in [2.24, 2.45) is 0 Å². The van der Waals surface area contributed by atoms with Gasteiger partial charge >= 0.3 is 5.91 Å². The van der Waals surface area contributed by atoms with Crippen molar-refractivity contribution in [3.05, 3.63) is 58.8 Å². The molecule has 0 aliphatic carbocycles. The van der Waals surface area contributed by atoms with Gasteiger partial charge in [-0.3, -0.25) is 20.4 Å². The van der Waals surface area contributed by atoms with Crippen LogP contribution in [0.2, 0.25) is 5.02 Å². The number of amides is 2. The zero-order chi connectivity index (χ0) is 13.8. The highest BCUT2D eigenvalue weighted by Gasteiger charge is 2.14. The lowest BCUT2D eigenvalue weighted by atomic mass is 10.2. The third-order valence-corrected chi connectivity index (χ3v) is 2.44. The largest absolute Gasteiger partial charge is 0.459 e. The van der Waals surface area contributed by atoms with Crippen LogP contribution < -0.4 is 10.9 Å². The summed E-state index contributed by atoms with van der Waals surface area (Å²) in [4.78, 5) is 23.1. The van der Waals surface area contributed by atoms with Crippen LogP contribution in [0.1, 0.15) is 20.9 Å². The van der Waals surface area contributed by atoms with E-state index < -0.39 is 17.6 Å². The summed E-state index contributed by atoms with van der Waals surface area (Å²) in [6.45, 7) is 0. The quantitative estimate of drug-likeness (QED) is 0.829. The molecule has 0 aliphatic heterocycles. The fraction of sp³-hybridized carbons (Fsp3) is 0. The van der Waals surface area contributed by atoms with E-state index >= 15 is 0 Å². The van der Waals surface area contributed by atoms with Gasteiger partial charge in [0.15, 0.2) is 5.76 Å². The van der Waals surface area contributed by atoms with Crippen molar-refractivity contribution >= 4 is 23.4 Å². The number of carbonyl (C=O) groups excluding carboxylic acids is 2. The normalized spacial score (nSPS) is 10.0. The topological polar surface area (TPSA) is 71.3 Å². The fourth-order valence-corrected chi connectivity index (χ4v) is 1.49. The first-order chi connectivity index (χ1) is 9.08. The van der Waals surface area contributed by atoms with Gasteiger partial charge < -0.3 is 4.42 Å². The van der Waals surface area contributed by atoms with E-state index in [4.69, 9.17) is 16.0 Å². The molecule has 0 spiro atoms. The van der Waals surface area contributed by atoms with Crippen molar-refractivity contribution in [2.45, 2.75) is 0 Å². The highest BCUT2D eigenvalue weighted by atomic mass is 35.5. The van der Waals surface area contributed by atoms with Gasteiger partial charge in [-0.2, -0.15) is 0 Å². The standard InChI is InChI=1S/C12H8ClFN2O3/c13-7-3-4-9(14)8(6-7)11(17)15-16-12(18)10-2-1-5-19-10/h1-6H,(H,15,17)(H,16,18). The maximum absolute atomic E-state index is 13.4. The molecule has 7 heteroatoms. The second-order valence-corrected chi connectivity index (χ2v) is 3.95. The lowest BCUT2D eigenvalue weighted by Gasteiger charge is -2.06. The van der Waals surface area contributed by atoms with E-state index in [1.165, 1.54) is 24.5 Å². The van der Waals surface area contributed by atoms with Gasteiger partial charge in [-0.05, 0) is 30.3 Å². The minimum atomic E-state index is -0.820. The van der Waals surface area contributed by atoms with Gasteiger partial charge in [-0.25, -0.2) is 4.39 Å². The minimum absolute atomic E-state index is 0.0202. The number of hydrogen-bond donors (Lipinski definition) is 2. The minimum Gasteiger partial charge on any atom is -0.459 e. The molecule has 2 aromatic rings. The predicted molar refractivity (Wildman–Crippen MR) is 65.1 cm³/mol. The number of nitrogens with one attached hydrogen (secondary N) is 2. The molecular weight excluding hydrogens is 275 g/mol. The lowest BCUT2D eigenvalue weighted by molar-refractivity contribution is 0.0829. The van der Waals surface area contributed by atoms with Crippen molar-refractivity contribution in [1.82, 2.24) is 10.9 Å². The van der Waals surface area contributed by atoms with Gasteiger partial charge in [0.05, 0.1) is 11.8 Å². The van der Waals surface area contributed by atoms with E-state index in [2.05, 4.69) is 10.9 Å². The second-order valence-electron chi connectivity index (χ2n) is 3.51. The first-order valence-electron chi connectivity index (χ1n) is 5.17. The molecule has 0 bridgehead atoms. The molecule has 5 nitrogen and oxygen atoms in total. The maximum Gasteiger partial charge on any atom is 0.305 e. The van der Waals surface area contributed by atoms with Gasteiger partial charge in [-0.1, -0.05) is 11.6 Å².